The van der Waals surface area contributed by atoms with E-state index in [0.29, 0.717) is 23.8 Å². The van der Waals surface area contributed by atoms with Crippen molar-refractivity contribution >= 4 is 34.9 Å². The van der Waals surface area contributed by atoms with E-state index in [1.54, 1.807) is 29.2 Å². The van der Waals surface area contributed by atoms with Gasteiger partial charge in [-0.15, -0.1) is 0 Å². The van der Waals surface area contributed by atoms with Crippen LogP contribution in [0.5, 0.6) is 0 Å². The van der Waals surface area contributed by atoms with Gasteiger partial charge >= 0.3 is 6.03 Å². The second-order valence-electron chi connectivity index (χ2n) is 7.05. The fraction of sp³-hybridized carbons (Fsp3) is 0.333. The van der Waals surface area contributed by atoms with Crippen molar-refractivity contribution in [3.63, 3.8) is 0 Å². The Labute approximate surface area is 168 Å². The number of halogens is 2. The molecule has 28 heavy (non-hydrogen) atoms. The Kier molecular flexibility index (Phi) is 6.52. The van der Waals surface area contributed by atoms with Gasteiger partial charge in [-0.2, -0.15) is 0 Å². The Morgan fingerprint density at radius 3 is 2.14 bits per heavy atom. The SMILES string of the molecule is CC(C(=O)Nc1ccc(Cl)cc1)C1CCN(C(=O)Nc2ccc(F)cc2)CC1. The van der Waals surface area contributed by atoms with Gasteiger partial charge in [-0.3, -0.25) is 4.79 Å². The van der Waals surface area contributed by atoms with Crippen LogP contribution in [0.4, 0.5) is 20.6 Å². The van der Waals surface area contributed by atoms with E-state index in [9.17, 15) is 14.0 Å². The minimum Gasteiger partial charge on any atom is -0.326 e. The number of carbonyl (C=O) groups excluding carboxylic acids is 2. The third-order valence-electron chi connectivity index (χ3n) is 5.15. The smallest absolute Gasteiger partial charge is 0.321 e. The lowest BCUT2D eigenvalue weighted by Crippen LogP contribution is -2.43. The molecule has 3 amide bonds. The number of amides is 3. The monoisotopic (exact) mass is 403 g/mol. The highest BCUT2D eigenvalue weighted by atomic mass is 35.5. The zero-order valence-electron chi connectivity index (χ0n) is 15.6. The molecule has 1 aliphatic rings. The lowest BCUT2D eigenvalue weighted by atomic mass is 9.85. The quantitative estimate of drug-likeness (QED) is 0.754. The number of rotatable bonds is 4. The van der Waals surface area contributed by atoms with E-state index in [2.05, 4.69) is 10.6 Å². The molecule has 1 aliphatic heterocycles. The fourth-order valence-corrected chi connectivity index (χ4v) is 3.47. The molecule has 0 saturated carbocycles. The Balaban J connectivity index is 1.48. The van der Waals surface area contributed by atoms with Gasteiger partial charge in [0.15, 0.2) is 0 Å². The summed E-state index contributed by atoms with van der Waals surface area (Å²) in [5.74, 6) is -0.318. The van der Waals surface area contributed by atoms with Gasteiger partial charge in [0.1, 0.15) is 5.82 Å². The van der Waals surface area contributed by atoms with Crippen molar-refractivity contribution < 1.29 is 14.0 Å². The van der Waals surface area contributed by atoms with Crippen LogP contribution in [-0.4, -0.2) is 29.9 Å². The molecular formula is C21H23ClFN3O2. The summed E-state index contributed by atoms with van der Waals surface area (Å²) in [5.41, 5.74) is 1.28. The zero-order valence-corrected chi connectivity index (χ0v) is 16.4. The summed E-state index contributed by atoms with van der Waals surface area (Å²) < 4.78 is 13.0. The number of nitrogens with one attached hydrogen (secondary N) is 2. The first-order chi connectivity index (χ1) is 13.4. The molecule has 5 nitrogen and oxygen atoms in total. The highest BCUT2D eigenvalue weighted by molar-refractivity contribution is 6.30. The van der Waals surface area contributed by atoms with Crippen LogP contribution in [0.1, 0.15) is 19.8 Å². The third-order valence-corrected chi connectivity index (χ3v) is 5.41. The van der Waals surface area contributed by atoms with Crippen molar-refractivity contribution in [2.45, 2.75) is 19.8 Å². The fourth-order valence-electron chi connectivity index (χ4n) is 3.34. The molecule has 7 heteroatoms. The molecule has 0 spiro atoms. The topological polar surface area (TPSA) is 61.4 Å². The van der Waals surface area contributed by atoms with Crippen LogP contribution in [-0.2, 0) is 4.79 Å². The second kappa shape index (κ2) is 9.06. The van der Waals surface area contributed by atoms with Gasteiger partial charge < -0.3 is 15.5 Å². The number of carbonyl (C=O) groups is 2. The molecule has 0 aliphatic carbocycles. The van der Waals surface area contributed by atoms with E-state index in [0.717, 1.165) is 18.5 Å². The van der Waals surface area contributed by atoms with Gasteiger partial charge in [0.05, 0.1) is 0 Å². The summed E-state index contributed by atoms with van der Waals surface area (Å²) in [5, 5.41) is 6.31. The normalized spacial score (nSPS) is 15.8. The molecule has 0 aromatic heterocycles. The van der Waals surface area contributed by atoms with Crippen LogP contribution in [0.2, 0.25) is 5.02 Å². The van der Waals surface area contributed by atoms with Gasteiger partial charge in [-0.1, -0.05) is 18.5 Å². The third kappa shape index (κ3) is 5.23. The van der Waals surface area contributed by atoms with E-state index in [1.807, 2.05) is 6.92 Å². The van der Waals surface area contributed by atoms with E-state index < -0.39 is 0 Å². The van der Waals surface area contributed by atoms with Gasteiger partial charge in [-0.25, -0.2) is 9.18 Å². The standard InChI is InChI=1S/C21H23ClFN3O2/c1-14(20(27)24-18-6-2-16(22)3-7-18)15-10-12-26(13-11-15)21(28)25-19-8-4-17(23)5-9-19/h2-9,14-15H,10-13H2,1H3,(H,24,27)(H,25,28). The minimum atomic E-state index is -0.343. The highest BCUT2D eigenvalue weighted by Gasteiger charge is 2.30. The molecule has 1 atom stereocenters. The number of benzene rings is 2. The molecule has 1 saturated heterocycles. The summed E-state index contributed by atoms with van der Waals surface area (Å²) in [6.07, 6.45) is 1.51. The van der Waals surface area contributed by atoms with Gasteiger partial charge in [0.2, 0.25) is 5.91 Å². The lowest BCUT2D eigenvalue weighted by Gasteiger charge is -2.34. The molecule has 0 bridgehead atoms. The van der Waals surface area contributed by atoms with E-state index in [1.165, 1.54) is 24.3 Å². The zero-order chi connectivity index (χ0) is 20.1. The van der Waals surface area contributed by atoms with Gasteiger partial charge in [0.25, 0.3) is 0 Å². The number of likely N-dealkylation sites (tertiary alicyclic amines) is 1. The molecule has 0 radical (unpaired) electrons. The predicted molar refractivity (Wildman–Crippen MR) is 109 cm³/mol. The summed E-state index contributed by atoms with van der Waals surface area (Å²) >= 11 is 5.86. The van der Waals surface area contributed by atoms with Crippen molar-refractivity contribution in [1.29, 1.82) is 0 Å². The Bertz CT molecular complexity index is 819. The van der Waals surface area contributed by atoms with Crippen molar-refractivity contribution in [3.8, 4) is 0 Å². The Morgan fingerprint density at radius 1 is 1.00 bits per heavy atom. The molecular weight excluding hydrogens is 381 g/mol. The maximum atomic E-state index is 13.0. The predicted octanol–water partition coefficient (Wildman–Crippen LogP) is 5.00. The largest absolute Gasteiger partial charge is 0.326 e. The molecule has 1 heterocycles. The second-order valence-corrected chi connectivity index (χ2v) is 7.48. The van der Waals surface area contributed by atoms with Crippen molar-refractivity contribution in [3.05, 3.63) is 59.4 Å². The van der Waals surface area contributed by atoms with Crippen LogP contribution in [0.25, 0.3) is 0 Å². The summed E-state index contributed by atoms with van der Waals surface area (Å²) in [4.78, 5) is 26.6. The number of hydrogen-bond donors (Lipinski definition) is 2. The summed E-state index contributed by atoms with van der Waals surface area (Å²) in [6, 6.07) is 12.5. The molecule has 1 unspecified atom stereocenters. The number of nitrogens with zero attached hydrogens (tertiary/aromatic N) is 1. The summed E-state index contributed by atoms with van der Waals surface area (Å²) in [6.45, 7) is 3.08. The first-order valence-corrected chi connectivity index (χ1v) is 9.68. The number of hydrogen-bond acceptors (Lipinski definition) is 2. The number of anilines is 2. The first-order valence-electron chi connectivity index (χ1n) is 9.30. The van der Waals surface area contributed by atoms with Crippen LogP contribution >= 0.6 is 11.6 Å². The lowest BCUT2D eigenvalue weighted by molar-refractivity contribution is -0.121. The molecule has 2 N–H and O–H groups in total. The molecule has 148 valence electrons. The summed E-state index contributed by atoms with van der Waals surface area (Å²) in [7, 11) is 0. The van der Waals surface area contributed by atoms with Crippen molar-refractivity contribution in [2.24, 2.45) is 11.8 Å². The minimum absolute atomic E-state index is 0.0310. The van der Waals surface area contributed by atoms with Crippen LogP contribution in [0, 0.1) is 17.7 Å². The maximum Gasteiger partial charge on any atom is 0.321 e. The van der Waals surface area contributed by atoms with E-state index in [4.69, 9.17) is 11.6 Å². The maximum absolute atomic E-state index is 13.0. The van der Waals surface area contributed by atoms with Crippen molar-refractivity contribution in [2.75, 3.05) is 23.7 Å². The Morgan fingerprint density at radius 2 is 1.54 bits per heavy atom. The molecule has 3 rings (SSSR count). The van der Waals surface area contributed by atoms with Gasteiger partial charge in [0, 0.05) is 35.4 Å². The highest BCUT2D eigenvalue weighted by Crippen LogP contribution is 2.27. The number of piperidine rings is 1. The molecule has 1 fully saturated rings. The average molecular weight is 404 g/mol. The molecule has 2 aromatic rings. The van der Waals surface area contributed by atoms with Crippen LogP contribution in [0.3, 0.4) is 0 Å². The Hall–Kier alpha value is -2.60. The van der Waals surface area contributed by atoms with Crippen molar-refractivity contribution in [1.82, 2.24) is 4.90 Å². The van der Waals surface area contributed by atoms with E-state index in [-0.39, 0.29) is 29.6 Å². The first kappa shape index (κ1) is 20.1. The number of urea groups is 1. The van der Waals surface area contributed by atoms with Gasteiger partial charge in [-0.05, 0) is 67.3 Å². The van der Waals surface area contributed by atoms with Crippen LogP contribution < -0.4 is 10.6 Å². The van der Waals surface area contributed by atoms with E-state index >= 15 is 0 Å². The van der Waals surface area contributed by atoms with Crippen LogP contribution in [0.15, 0.2) is 48.5 Å². The average Bonchev–Trinajstić information content (AvgIpc) is 2.71. The molecule has 2 aromatic carbocycles.